The lowest BCUT2D eigenvalue weighted by atomic mass is 9.99. The van der Waals surface area contributed by atoms with E-state index in [1.54, 1.807) is 18.4 Å². The van der Waals surface area contributed by atoms with Crippen molar-refractivity contribution in [2.45, 2.75) is 32.9 Å². The maximum atomic E-state index is 12.0. The quantitative estimate of drug-likeness (QED) is 0.842. The maximum absolute atomic E-state index is 12.0. The third-order valence-electron chi connectivity index (χ3n) is 3.08. The van der Waals surface area contributed by atoms with Gasteiger partial charge < -0.3 is 15.3 Å². The van der Waals surface area contributed by atoms with Gasteiger partial charge in [-0.15, -0.1) is 11.3 Å². The molecule has 0 aliphatic carbocycles. The van der Waals surface area contributed by atoms with Gasteiger partial charge in [-0.05, 0) is 17.4 Å². The van der Waals surface area contributed by atoms with Gasteiger partial charge in [0.1, 0.15) is 6.04 Å². The van der Waals surface area contributed by atoms with E-state index in [0.717, 1.165) is 4.88 Å². The normalized spacial score (nSPS) is 13.6. The first-order valence-corrected chi connectivity index (χ1v) is 7.10. The van der Waals surface area contributed by atoms with Crippen LogP contribution in [-0.4, -0.2) is 35.1 Å². The first kappa shape index (κ1) is 15.5. The molecule has 0 saturated heterocycles. The fraction of sp³-hybridized carbons (Fsp3) is 0.538. The van der Waals surface area contributed by atoms with Crippen LogP contribution >= 0.6 is 11.3 Å². The zero-order valence-electron chi connectivity index (χ0n) is 11.4. The van der Waals surface area contributed by atoms with Gasteiger partial charge >= 0.3 is 12.0 Å². The molecule has 0 aliphatic rings. The van der Waals surface area contributed by atoms with Crippen LogP contribution in [0.4, 0.5) is 4.79 Å². The molecule has 0 aliphatic heterocycles. The second-order valence-corrected chi connectivity index (χ2v) is 5.62. The van der Waals surface area contributed by atoms with E-state index in [1.807, 2.05) is 31.4 Å². The van der Waals surface area contributed by atoms with Gasteiger partial charge in [-0.3, -0.25) is 0 Å². The molecule has 1 rings (SSSR count). The molecule has 2 N–H and O–H groups in total. The number of hydrogen-bond donors (Lipinski definition) is 2. The molecule has 19 heavy (non-hydrogen) atoms. The molecule has 0 fully saturated rings. The summed E-state index contributed by atoms with van der Waals surface area (Å²) in [6, 6.07) is 2.66. The Morgan fingerprint density at radius 1 is 1.53 bits per heavy atom. The molecule has 5 nitrogen and oxygen atoms in total. The number of rotatable bonds is 6. The number of carbonyl (C=O) groups excluding carboxylic acids is 1. The van der Waals surface area contributed by atoms with Crippen LogP contribution in [0.5, 0.6) is 0 Å². The molecule has 1 aromatic rings. The summed E-state index contributed by atoms with van der Waals surface area (Å²) >= 11 is 1.57. The van der Waals surface area contributed by atoms with E-state index in [4.69, 9.17) is 5.11 Å². The van der Waals surface area contributed by atoms with E-state index in [1.165, 1.54) is 4.90 Å². The second-order valence-electron chi connectivity index (χ2n) is 4.59. The summed E-state index contributed by atoms with van der Waals surface area (Å²) in [5, 5.41) is 13.6. The van der Waals surface area contributed by atoms with Crippen molar-refractivity contribution < 1.29 is 14.7 Å². The standard InChI is InChI=1S/C13H20N2O3S/c1-4-9(2)11(12(16)17)14-13(18)15(3)8-10-6-5-7-19-10/h5-7,9,11H,4,8H2,1-3H3,(H,14,18)(H,16,17)/t9?,11-/m0/s1. The molecule has 1 unspecified atom stereocenters. The SMILES string of the molecule is CCC(C)[C@H](NC(=O)N(C)Cc1cccs1)C(=O)O. The fourth-order valence-electron chi connectivity index (χ4n) is 1.63. The van der Waals surface area contributed by atoms with Crippen LogP contribution in [0.1, 0.15) is 25.1 Å². The molecule has 2 atom stereocenters. The van der Waals surface area contributed by atoms with Crippen LogP contribution < -0.4 is 5.32 Å². The first-order valence-electron chi connectivity index (χ1n) is 6.22. The van der Waals surface area contributed by atoms with Crippen molar-refractivity contribution in [3.8, 4) is 0 Å². The zero-order chi connectivity index (χ0) is 14.4. The number of nitrogens with one attached hydrogen (secondary N) is 1. The van der Waals surface area contributed by atoms with Crippen molar-refractivity contribution in [2.75, 3.05) is 7.05 Å². The number of hydrogen-bond acceptors (Lipinski definition) is 3. The Balaban J connectivity index is 2.58. The molecular formula is C13H20N2O3S. The number of carboxylic acids is 1. The number of aliphatic carboxylic acids is 1. The van der Waals surface area contributed by atoms with E-state index < -0.39 is 12.0 Å². The average molecular weight is 284 g/mol. The highest BCUT2D eigenvalue weighted by Gasteiger charge is 2.26. The van der Waals surface area contributed by atoms with E-state index >= 15 is 0 Å². The van der Waals surface area contributed by atoms with Gasteiger partial charge in [0.05, 0.1) is 6.54 Å². The molecule has 1 aromatic heterocycles. The van der Waals surface area contributed by atoms with Crippen LogP contribution in [0, 0.1) is 5.92 Å². The first-order chi connectivity index (χ1) is 8.95. The Morgan fingerprint density at radius 2 is 2.21 bits per heavy atom. The number of carbonyl (C=O) groups is 2. The molecular weight excluding hydrogens is 264 g/mol. The van der Waals surface area contributed by atoms with Gasteiger partial charge in [0.15, 0.2) is 0 Å². The van der Waals surface area contributed by atoms with Crippen molar-refractivity contribution in [1.29, 1.82) is 0 Å². The highest BCUT2D eigenvalue weighted by atomic mass is 32.1. The molecule has 0 aromatic carbocycles. The monoisotopic (exact) mass is 284 g/mol. The highest BCUT2D eigenvalue weighted by molar-refractivity contribution is 7.09. The molecule has 0 radical (unpaired) electrons. The Bertz CT molecular complexity index is 420. The highest BCUT2D eigenvalue weighted by Crippen LogP contribution is 2.12. The summed E-state index contributed by atoms with van der Waals surface area (Å²) in [6.07, 6.45) is 0.700. The van der Waals surface area contributed by atoms with Gasteiger partial charge in [-0.2, -0.15) is 0 Å². The third-order valence-corrected chi connectivity index (χ3v) is 3.94. The van der Waals surface area contributed by atoms with Crippen LogP contribution in [-0.2, 0) is 11.3 Å². The van der Waals surface area contributed by atoms with Crippen molar-refractivity contribution in [2.24, 2.45) is 5.92 Å². The molecule has 2 amide bonds. The predicted molar refractivity (Wildman–Crippen MR) is 75.2 cm³/mol. The van der Waals surface area contributed by atoms with Crippen LogP contribution in [0.25, 0.3) is 0 Å². The van der Waals surface area contributed by atoms with E-state index in [0.29, 0.717) is 13.0 Å². The minimum atomic E-state index is -0.993. The Morgan fingerprint density at radius 3 is 2.68 bits per heavy atom. The van der Waals surface area contributed by atoms with Gasteiger partial charge in [-0.25, -0.2) is 9.59 Å². The molecule has 6 heteroatoms. The number of urea groups is 1. The lowest BCUT2D eigenvalue weighted by Crippen LogP contribution is -2.49. The van der Waals surface area contributed by atoms with Gasteiger partial charge in [0, 0.05) is 11.9 Å². The predicted octanol–water partition coefficient (Wildman–Crippen LogP) is 2.39. The average Bonchev–Trinajstić information content (AvgIpc) is 2.86. The van der Waals surface area contributed by atoms with Crippen molar-refractivity contribution >= 4 is 23.3 Å². The van der Waals surface area contributed by atoms with Gasteiger partial charge in [0.25, 0.3) is 0 Å². The van der Waals surface area contributed by atoms with E-state index in [-0.39, 0.29) is 11.9 Å². The van der Waals surface area contributed by atoms with Crippen LogP contribution in [0.15, 0.2) is 17.5 Å². The third kappa shape index (κ3) is 4.55. The largest absolute Gasteiger partial charge is 0.480 e. The Labute approximate surface area is 117 Å². The van der Waals surface area contributed by atoms with E-state index in [2.05, 4.69) is 5.32 Å². The van der Waals surface area contributed by atoms with Gasteiger partial charge in [0.2, 0.25) is 0 Å². The molecule has 106 valence electrons. The summed E-state index contributed by atoms with van der Waals surface area (Å²) in [7, 11) is 1.66. The van der Waals surface area contributed by atoms with Crippen LogP contribution in [0.3, 0.4) is 0 Å². The Kier molecular flexibility index (Phi) is 5.82. The van der Waals surface area contributed by atoms with Crippen LogP contribution in [0.2, 0.25) is 0 Å². The fourth-order valence-corrected chi connectivity index (χ4v) is 2.39. The van der Waals surface area contributed by atoms with E-state index in [9.17, 15) is 9.59 Å². The molecule has 1 heterocycles. The van der Waals surface area contributed by atoms with Crippen molar-refractivity contribution in [3.63, 3.8) is 0 Å². The van der Waals surface area contributed by atoms with Crippen molar-refractivity contribution in [1.82, 2.24) is 10.2 Å². The zero-order valence-corrected chi connectivity index (χ0v) is 12.2. The van der Waals surface area contributed by atoms with Gasteiger partial charge in [-0.1, -0.05) is 26.3 Å². The smallest absolute Gasteiger partial charge is 0.326 e. The molecule has 0 bridgehead atoms. The summed E-state index contributed by atoms with van der Waals surface area (Å²) in [6.45, 7) is 4.21. The topological polar surface area (TPSA) is 69.6 Å². The lowest BCUT2D eigenvalue weighted by Gasteiger charge is -2.24. The second kappa shape index (κ2) is 7.13. The van der Waals surface area contributed by atoms with Crippen molar-refractivity contribution in [3.05, 3.63) is 22.4 Å². The molecule has 0 saturated carbocycles. The minimum Gasteiger partial charge on any atom is -0.480 e. The minimum absolute atomic E-state index is 0.100. The maximum Gasteiger partial charge on any atom is 0.326 e. The summed E-state index contributed by atoms with van der Waals surface area (Å²) in [5.74, 6) is -1.09. The molecule has 0 spiro atoms. The number of amides is 2. The lowest BCUT2D eigenvalue weighted by molar-refractivity contribution is -0.140. The Hall–Kier alpha value is -1.56. The number of thiophene rings is 1. The number of carboxylic acid groups (broad SMARTS) is 1. The summed E-state index contributed by atoms with van der Waals surface area (Å²) < 4.78 is 0. The summed E-state index contributed by atoms with van der Waals surface area (Å²) in [4.78, 5) is 25.7. The number of nitrogens with zero attached hydrogens (tertiary/aromatic N) is 1. The summed E-state index contributed by atoms with van der Waals surface area (Å²) in [5.41, 5.74) is 0.